The quantitative estimate of drug-likeness (QED) is 0.793. The third-order valence-corrected chi connectivity index (χ3v) is 4.60. The van der Waals surface area contributed by atoms with Gasteiger partial charge in [0.2, 0.25) is 5.95 Å². The van der Waals surface area contributed by atoms with Crippen molar-refractivity contribution in [3.05, 3.63) is 48.5 Å². The van der Waals surface area contributed by atoms with Crippen LogP contribution in [0.1, 0.15) is 43.7 Å². The number of aromatic nitrogens is 4. The van der Waals surface area contributed by atoms with Crippen molar-refractivity contribution < 1.29 is 0 Å². The number of hydrogen-bond donors (Lipinski definition) is 1. The van der Waals surface area contributed by atoms with Gasteiger partial charge in [0.15, 0.2) is 0 Å². The largest absolute Gasteiger partial charge is 0.351 e. The maximum absolute atomic E-state index is 4.81. The van der Waals surface area contributed by atoms with E-state index in [1.54, 1.807) is 6.33 Å². The molecule has 1 aliphatic rings. The fourth-order valence-electron chi connectivity index (χ4n) is 3.48. The number of nitrogens with zero attached hydrogens (tertiary/aromatic N) is 4. The molecular weight excluding hydrogens is 286 g/mol. The Morgan fingerprint density at radius 1 is 1.04 bits per heavy atom. The summed E-state index contributed by atoms with van der Waals surface area (Å²) in [7, 11) is 0. The van der Waals surface area contributed by atoms with E-state index >= 15 is 0 Å². The van der Waals surface area contributed by atoms with E-state index in [9.17, 15) is 0 Å². The highest BCUT2D eigenvalue weighted by Crippen LogP contribution is 2.34. The van der Waals surface area contributed by atoms with Crippen LogP contribution in [0.25, 0.3) is 11.0 Å². The zero-order valence-electron chi connectivity index (χ0n) is 13.2. The van der Waals surface area contributed by atoms with E-state index in [0.717, 1.165) is 17.0 Å². The third-order valence-electron chi connectivity index (χ3n) is 4.60. The summed E-state index contributed by atoms with van der Waals surface area (Å²) in [5.41, 5.74) is 3.35. The van der Waals surface area contributed by atoms with Crippen LogP contribution in [0.2, 0.25) is 0 Å². The minimum absolute atomic E-state index is 0.547. The van der Waals surface area contributed by atoms with Crippen molar-refractivity contribution in [3.8, 4) is 0 Å². The van der Waals surface area contributed by atoms with Gasteiger partial charge in [0.1, 0.15) is 6.33 Å². The van der Waals surface area contributed by atoms with Crippen LogP contribution in [0.4, 0.5) is 5.95 Å². The van der Waals surface area contributed by atoms with Crippen molar-refractivity contribution in [3.63, 3.8) is 0 Å². The number of para-hydroxylation sites is 2. The van der Waals surface area contributed by atoms with Crippen LogP contribution in [-0.2, 0) is 6.54 Å². The van der Waals surface area contributed by atoms with Crippen molar-refractivity contribution >= 4 is 17.0 Å². The van der Waals surface area contributed by atoms with E-state index in [1.165, 1.54) is 37.6 Å². The summed E-state index contributed by atoms with van der Waals surface area (Å²) in [6, 6.07) is 8.96. The average Bonchev–Trinajstić information content (AvgIpc) is 3.00. The van der Waals surface area contributed by atoms with Gasteiger partial charge in [-0.15, -0.1) is 0 Å². The van der Waals surface area contributed by atoms with Gasteiger partial charge < -0.3 is 9.88 Å². The van der Waals surface area contributed by atoms with E-state index in [4.69, 9.17) is 4.98 Å². The molecule has 0 amide bonds. The molecule has 1 aromatic carbocycles. The first-order valence-electron chi connectivity index (χ1n) is 8.36. The lowest BCUT2D eigenvalue weighted by molar-refractivity contribution is 0.362. The first-order chi connectivity index (χ1) is 11.4. The molecule has 0 atom stereocenters. The highest BCUT2D eigenvalue weighted by molar-refractivity contribution is 5.78. The third kappa shape index (κ3) is 2.91. The molecule has 118 valence electrons. The first kappa shape index (κ1) is 14.2. The lowest BCUT2D eigenvalue weighted by Gasteiger charge is -2.25. The number of benzene rings is 1. The average molecular weight is 307 g/mol. The second kappa shape index (κ2) is 6.36. The monoisotopic (exact) mass is 307 g/mol. The van der Waals surface area contributed by atoms with Gasteiger partial charge in [-0.2, -0.15) is 0 Å². The molecule has 0 bridgehead atoms. The van der Waals surface area contributed by atoms with Gasteiger partial charge in [-0.1, -0.05) is 31.4 Å². The van der Waals surface area contributed by atoms with Gasteiger partial charge in [-0.3, -0.25) is 0 Å². The van der Waals surface area contributed by atoms with Crippen LogP contribution >= 0.6 is 0 Å². The van der Waals surface area contributed by atoms with E-state index < -0.39 is 0 Å². The predicted molar refractivity (Wildman–Crippen MR) is 91.2 cm³/mol. The zero-order valence-corrected chi connectivity index (χ0v) is 13.2. The number of anilines is 1. The van der Waals surface area contributed by atoms with E-state index in [2.05, 4.69) is 44.1 Å². The number of rotatable bonds is 4. The van der Waals surface area contributed by atoms with E-state index in [1.807, 2.05) is 12.4 Å². The standard InChI is InChI=1S/C18H21N5/c1-2-6-15(7-3-1)23-17-9-5-4-8-16(17)22-18(23)21-12-14-10-19-13-20-11-14/h4-5,8-11,13,15H,1-3,6-7,12H2,(H,21,22). The fourth-order valence-corrected chi connectivity index (χ4v) is 3.48. The van der Waals surface area contributed by atoms with Crippen molar-refractivity contribution in [2.75, 3.05) is 5.32 Å². The Bertz CT molecular complexity index is 774. The van der Waals surface area contributed by atoms with Crippen molar-refractivity contribution in [2.45, 2.75) is 44.7 Å². The van der Waals surface area contributed by atoms with Gasteiger partial charge in [0.25, 0.3) is 0 Å². The minimum Gasteiger partial charge on any atom is -0.351 e. The van der Waals surface area contributed by atoms with Crippen LogP contribution in [0.5, 0.6) is 0 Å². The molecule has 0 aliphatic heterocycles. The molecular formula is C18H21N5. The molecule has 2 heterocycles. The zero-order chi connectivity index (χ0) is 15.5. The van der Waals surface area contributed by atoms with Crippen molar-refractivity contribution in [2.24, 2.45) is 0 Å². The lowest BCUT2D eigenvalue weighted by Crippen LogP contribution is -2.16. The second-order valence-corrected chi connectivity index (χ2v) is 6.19. The molecule has 1 aliphatic carbocycles. The highest BCUT2D eigenvalue weighted by Gasteiger charge is 2.21. The molecule has 3 aromatic rings. The molecule has 5 nitrogen and oxygen atoms in total. The Kier molecular flexibility index (Phi) is 3.92. The Labute approximate surface area is 135 Å². The number of nitrogens with one attached hydrogen (secondary N) is 1. The molecule has 0 unspecified atom stereocenters. The molecule has 0 spiro atoms. The molecule has 1 N–H and O–H groups in total. The molecule has 0 radical (unpaired) electrons. The molecule has 0 saturated heterocycles. The Balaban J connectivity index is 1.67. The molecule has 23 heavy (non-hydrogen) atoms. The smallest absolute Gasteiger partial charge is 0.204 e. The summed E-state index contributed by atoms with van der Waals surface area (Å²) >= 11 is 0. The summed E-state index contributed by atoms with van der Waals surface area (Å²) in [4.78, 5) is 13.0. The van der Waals surface area contributed by atoms with Crippen LogP contribution in [0.15, 0.2) is 43.0 Å². The topological polar surface area (TPSA) is 55.6 Å². The lowest BCUT2D eigenvalue weighted by atomic mass is 9.95. The highest BCUT2D eigenvalue weighted by atomic mass is 15.2. The second-order valence-electron chi connectivity index (χ2n) is 6.19. The van der Waals surface area contributed by atoms with E-state index in [0.29, 0.717) is 12.6 Å². The van der Waals surface area contributed by atoms with Gasteiger partial charge in [0, 0.05) is 30.5 Å². The summed E-state index contributed by atoms with van der Waals surface area (Å²) in [6.45, 7) is 0.691. The maximum atomic E-state index is 4.81. The number of hydrogen-bond acceptors (Lipinski definition) is 4. The van der Waals surface area contributed by atoms with Crippen LogP contribution in [0, 0.1) is 0 Å². The maximum Gasteiger partial charge on any atom is 0.204 e. The van der Waals surface area contributed by atoms with Crippen LogP contribution in [0.3, 0.4) is 0 Å². The summed E-state index contributed by atoms with van der Waals surface area (Å²) in [6.07, 6.45) is 11.7. The molecule has 1 fully saturated rings. The number of imidazole rings is 1. The molecule has 1 saturated carbocycles. The van der Waals surface area contributed by atoms with Crippen molar-refractivity contribution in [1.29, 1.82) is 0 Å². The van der Waals surface area contributed by atoms with Gasteiger partial charge in [-0.25, -0.2) is 15.0 Å². The van der Waals surface area contributed by atoms with E-state index in [-0.39, 0.29) is 0 Å². The molecule has 2 aromatic heterocycles. The molecule has 5 heteroatoms. The van der Waals surface area contributed by atoms with Gasteiger partial charge in [0.05, 0.1) is 11.0 Å². The van der Waals surface area contributed by atoms with Crippen LogP contribution < -0.4 is 5.32 Å². The number of fused-ring (bicyclic) bond motifs is 1. The summed E-state index contributed by atoms with van der Waals surface area (Å²) < 4.78 is 2.40. The minimum atomic E-state index is 0.547. The Morgan fingerprint density at radius 2 is 1.83 bits per heavy atom. The van der Waals surface area contributed by atoms with Crippen molar-refractivity contribution in [1.82, 2.24) is 19.5 Å². The summed E-state index contributed by atoms with van der Waals surface area (Å²) in [5.74, 6) is 0.960. The fraction of sp³-hybridized carbons (Fsp3) is 0.389. The van der Waals surface area contributed by atoms with Gasteiger partial charge in [-0.05, 0) is 25.0 Å². The Hall–Kier alpha value is -2.43. The van der Waals surface area contributed by atoms with Crippen LogP contribution in [-0.4, -0.2) is 19.5 Å². The SMILES string of the molecule is c1ccc2c(c1)nc(NCc1cncnc1)n2C1CCCCC1. The Morgan fingerprint density at radius 3 is 2.65 bits per heavy atom. The first-order valence-corrected chi connectivity index (χ1v) is 8.36. The summed E-state index contributed by atoms with van der Waals surface area (Å²) in [5, 5.41) is 3.49. The normalized spacial score (nSPS) is 15.8. The van der Waals surface area contributed by atoms with Gasteiger partial charge >= 0.3 is 0 Å². The predicted octanol–water partition coefficient (Wildman–Crippen LogP) is 3.94. The molecule has 4 rings (SSSR count).